The van der Waals surface area contributed by atoms with Gasteiger partial charge in [0.05, 0.1) is 5.75 Å². The summed E-state index contributed by atoms with van der Waals surface area (Å²) >= 11 is 2.56. The Balaban J connectivity index is 2.46. The quantitative estimate of drug-likeness (QED) is 0.720. The van der Waals surface area contributed by atoms with E-state index < -0.39 is 17.9 Å². The first kappa shape index (κ1) is 16.8. The highest BCUT2D eigenvalue weighted by Gasteiger charge is 2.19. The van der Waals surface area contributed by atoms with Gasteiger partial charge in [0.15, 0.2) is 0 Å². The number of amides is 1. The van der Waals surface area contributed by atoms with Gasteiger partial charge in [0, 0.05) is 4.90 Å². The van der Waals surface area contributed by atoms with E-state index in [0.717, 1.165) is 11.8 Å². The van der Waals surface area contributed by atoms with E-state index in [0.29, 0.717) is 17.1 Å². The Bertz CT molecular complexity index is 471. The van der Waals surface area contributed by atoms with Gasteiger partial charge in [-0.1, -0.05) is 12.1 Å². The van der Waals surface area contributed by atoms with Gasteiger partial charge in [-0.3, -0.25) is 4.79 Å². The van der Waals surface area contributed by atoms with Gasteiger partial charge in [-0.25, -0.2) is 9.18 Å². The number of rotatable bonds is 8. The number of benzene rings is 1. The third-order valence-electron chi connectivity index (χ3n) is 2.44. The van der Waals surface area contributed by atoms with Crippen molar-refractivity contribution in [1.29, 1.82) is 0 Å². The fourth-order valence-corrected chi connectivity index (χ4v) is 2.66. The van der Waals surface area contributed by atoms with Crippen LogP contribution in [0.5, 0.6) is 0 Å². The monoisotopic (exact) mass is 317 g/mol. The summed E-state index contributed by atoms with van der Waals surface area (Å²) in [5, 5.41) is 11.4. The summed E-state index contributed by atoms with van der Waals surface area (Å²) in [5.74, 6) is -1.21. The lowest BCUT2D eigenvalue weighted by molar-refractivity contribution is -0.141. The van der Waals surface area contributed by atoms with E-state index in [1.54, 1.807) is 18.2 Å². The Morgan fingerprint density at radius 2 is 2.10 bits per heavy atom. The zero-order chi connectivity index (χ0) is 15.0. The van der Waals surface area contributed by atoms with E-state index in [4.69, 9.17) is 5.11 Å². The summed E-state index contributed by atoms with van der Waals surface area (Å²) in [5.41, 5.74) is 0. The normalized spacial score (nSPS) is 11.9. The second kappa shape index (κ2) is 8.86. The molecule has 0 fully saturated rings. The van der Waals surface area contributed by atoms with Crippen molar-refractivity contribution in [3.05, 3.63) is 30.1 Å². The zero-order valence-corrected chi connectivity index (χ0v) is 12.6. The van der Waals surface area contributed by atoms with Gasteiger partial charge in [0.25, 0.3) is 0 Å². The minimum absolute atomic E-state index is 0.00994. The van der Waals surface area contributed by atoms with Crippen LogP contribution in [-0.4, -0.2) is 40.8 Å². The molecule has 4 nitrogen and oxygen atoms in total. The van der Waals surface area contributed by atoms with Crippen molar-refractivity contribution in [3.63, 3.8) is 0 Å². The number of aliphatic carboxylic acids is 1. The van der Waals surface area contributed by atoms with Crippen LogP contribution in [0.1, 0.15) is 6.42 Å². The molecule has 0 aliphatic carbocycles. The Morgan fingerprint density at radius 3 is 2.70 bits per heavy atom. The van der Waals surface area contributed by atoms with Crippen molar-refractivity contribution in [3.8, 4) is 0 Å². The summed E-state index contributed by atoms with van der Waals surface area (Å²) in [6, 6.07) is 5.26. The van der Waals surface area contributed by atoms with Crippen LogP contribution in [0.25, 0.3) is 0 Å². The molecule has 1 aromatic rings. The van der Waals surface area contributed by atoms with Crippen LogP contribution in [0, 0.1) is 5.82 Å². The zero-order valence-electron chi connectivity index (χ0n) is 11.0. The fourth-order valence-electron chi connectivity index (χ4n) is 1.43. The Morgan fingerprint density at radius 1 is 1.40 bits per heavy atom. The molecule has 0 saturated heterocycles. The molecule has 0 bridgehead atoms. The van der Waals surface area contributed by atoms with Gasteiger partial charge >= 0.3 is 5.97 Å². The Hall–Kier alpha value is -1.21. The Labute approximate surface area is 125 Å². The van der Waals surface area contributed by atoms with Crippen LogP contribution in [0.2, 0.25) is 0 Å². The molecule has 110 valence electrons. The van der Waals surface area contributed by atoms with Crippen molar-refractivity contribution in [2.45, 2.75) is 17.4 Å². The molecule has 20 heavy (non-hydrogen) atoms. The molecule has 0 saturated carbocycles. The number of halogens is 1. The minimum atomic E-state index is -1.05. The third kappa shape index (κ3) is 5.83. The number of thioether (sulfide) groups is 2. The van der Waals surface area contributed by atoms with E-state index in [1.807, 2.05) is 6.26 Å². The molecule has 0 aliphatic rings. The smallest absolute Gasteiger partial charge is 0.326 e. The molecular formula is C13H16FNO3S2. The van der Waals surface area contributed by atoms with E-state index in [2.05, 4.69) is 5.32 Å². The van der Waals surface area contributed by atoms with E-state index in [-0.39, 0.29) is 11.6 Å². The second-order valence-electron chi connectivity index (χ2n) is 3.96. The second-order valence-corrected chi connectivity index (χ2v) is 5.96. The first-order valence-corrected chi connectivity index (χ1v) is 8.31. The van der Waals surface area contributed by atoms with Gasteiger partial charge in [0.1, 0.15) is 11.9 Å². The average Bonchev–Trinajstić information content (AvgIpc) is 2.42. The molecule has 7 heteroatoms. The van der Waals surface area contributed by atoms with Gasteiger partial charge in [-0.2, -0.15) is 11.8 Å². The lowest BCUT2D eigenvalue weighted by Crippen LogP contribution is -2.42. The van der Waals surface area contributed by atoms with Gasteiger partial charge in [-0.15, -0.1) is 11.8 Å². The number of nitrogens with one attached hydrogen (secondary N) is 1. The molecule has 1 rings (SSSR count). The molecule has 1 aromatic carbocycles. The van der Waals surface area contributed by atoms with Gasteiger partial charge in [-0.05, 0) is 30.6 Å². The topological polar surface area (TPSA) is 66.4 Å². The molecule has 0 spiro atoms. The third-order valence-corrected chi connectivity index (χ3v) is 4.13. The minimum Gasteiger partial charge on any atom is -0.480 e. The molecule has 1 atom stereocenters. The lowest BCUT2D eigenvalue weighted by atomic mass is 10.2. The van der Waals surface area contributed by atoms with Crippen molar-refractivity contribution in [2.24, 2.45) is 0 Å². The van der Waals surface area contributed by atoms with Crippen LogP contribution < -0.4 is 5.32 Å². The number of carboxylic acids is 1. The molecule has 0 radical (unpaired) electrons. The number of carbonyl (C=O) groups excluding carboxylic acids is 1. The largest absolute Gasteiger partial charge is 0.480 e. The number of hydrogen-bond donors (Lipinski definition) is 2. The molecule has 0 aromatic heterocycles. The maximum atomic E-state index is 13.3. The molecule has 0 unspecified atom stereocenters. The summed E-state index contributed by atoms with van der Waals surface area (Å²) in [6.45, 7) is 0. The number of carbonyl (C=O) groups is 2. The molecule has 1 amide bonds. The summed E-state index contributed by atoms with van der Waals surface area (Å²) in [6.07, 6.45) is 2.24. The Kier molecular flexibility index (Phi) is 7.46. The summed E-state index contributed by atoms with van der Waals surface area (Å²) in [4.78, 5) is 23.0. The van der Waals surface area contributed by atoms with Crippen molar-refractivity contribution < 1.29 is 19.1 Å². The highest BCUT2D eigenvalue weighted by molar-refractivity contribution is 8.00. The standard InChI is InChI=1S/C13H16FNO3S2/c1-19-7-6-10(13(17)18)15-12(16)8-20-11-5-3-2-4-9(11)14/h2-5,10H,6-8H2,1H3,(H,15,16)(H,17,18)/t10-/m1/s1. The van der Waals surface area contributed by atoms with Crippen LogP contribution in [0.3, 0.4) is 0 Å². The molecular weight excluding hydrogens is 301 g/mol. The van der Waals surface area contributed by atoms with Crippen LogP contribution in [0.4, 0.5) is 4.39 Å². The lowest BCUT2D eigenvalue weighted by Gasteiger charge is -2.13. The van der Waals surface area contributed by atoms with E-state index in [1.165, 1.54) is 17.8 Å². The van der Waals surface area contributed by atoms with E-state index >= 15 is 0 Å². The average molecular weight is 317 g/mol. The predicted octanol–water partition coefficient (Wildman–Crippen LogP) is 2.24. The highest BCUT2D eigenvalue weighted by atomic mass is 32.2. The van der Waals surface area contributed by atoms with Gasteiger partial charge in [0.2, 0.25) is 5.91 Å². The van der Waals surface area contributed by atoms with Crippen LogP contribution >= 0.6 is 23.5 Å². The number of carboxylic acid groups (broad SMARTS) is 1. The first-order valence-electron chi connectivity index (χ1n) is 5.93. The first-order chi connectivity index (χ1) is 9.54. The summed E-state index contributed by atoms with van der Waals surface area (Å²) < 4.78 is 13.3. The van der Waals surface area contributed by atoms with Crippen LogP contribution in [-0.2, 0) is 9.59 Å². The molecule has 0 heterocycles. The van der Waals surface area contributed by atoms with Crippen molar-refractivity contribution in [1.82, 2.24) is 5.32 Å². The van der Waals surface area contributed by atoms with E-state index in [9.17, 15) is 14.0 Å². The molecule has 0 aliphatic heterocycles. The summed E-state index contributed by atoms with van der Waals surface area (Å²) in [7, 11) is 0. The van der Waals surface area contributed by atoms with Crippen LogP contribution in [0.15, 0.2) is 29.2 Å². The fraction of sp³-hybridized carbons (Fsp3) is 0.385. The maximum absolute atomic E-state index is 13.3. The van der Waals surface area contributed by atoms with Crippen molar-refractivity contribution >= 4 is 35.4 Å². The maximum Gasteiger partial charge on any atom is 0.326 e. The van der Waals surface area contributed by atoms with Crippen molar-refractivity contribution in [2.75, 3.05) is 17.8 Å². The predicted molar refractivity (Wildman–Crippen MR) is 79.7 cm³/mol. The SMILES string of the molecule is CSCC[C@@H](NC(=O)CSc1ccccc1F)C(=O)O. The highest BCUT2D eigenvalue weighted by Crippen LogP contribution is 2.20. The molecule has 2 N–H and O–H groups in total. The number of hydrogen-bond acceptors (Lipinski definition) is 4. The van der Waals surface area contributed by atoms with Gasteiger partial charge < -0.3 is 10.4 Å².